The standard InChI is InChI=1S/C21H25N/c1-17(19-9-5-3-6-10-19)18(2)22-15-13-21(14-16-22)20-11-7-4-8-12-20/h3-12,21H,13-16H2,1-2H3. The number of likely N-dealkylation sites (tertiary alicyclic amines) is 1. The molecule has 22 heavy (non-hydrogen) atoms. The molecule has 0 saturated carbocycles. The van der Waals surface area contributed by atoms with E-state index in [1.807, 2.05) is 0 Å². The molecule has 1 heteroatoms. The smallest absolute Gasteiger partial charge is 0.0180 e. The zero-order chi connectivity index (χ0) is 15.4. The predicted octanol–water partition coefficient (Wildman–Crippen LogP) is 5.32. The van der Waals surface area contributed by atoms with Crippen LogP contribution < -0.4 is 0 Å². The van der Waals surface area contributed by atoms with Gasteiger partial charge in [-0.25, -0.2) is 0 Å². The summed E-state index contributed by atoms with van der Waals surface area (Å²) < 4.78 is 0. The quantitative estimate of drug-likeness (QED) is 0.740. The average Bonchev–Trinajstić information content (AvgIpc) is 2.62. The van der Waals surface area contributed by atoms with Crippen LogP contribution in [0.3, 0.4) is 0 Å². The topological polar surface area (TPSA) is 3.24 Å². The van der Waals surface area contributed by atoms with E-state index in [-0.39, 0.29) is 0 Å². The van der Waals surface area contributed by atoms with Gasteiger partial charge in [-0.1, -0.05) is 60.7 Å². The van der Waals surface area contributed by atoms with Gasteiger partial charge in [-0.2, -0.15) is 0 Å². The van der Waals surface area contributed by atoms with Crippen molar-refractivity contribution in [1.29, 1.82) is 0 Å². The van der Waals surface area contributed by atoms with Crippen LogP contribution >= 0.6 is 0 Å². The average molecular weight is 291 g/mol. The summed E-state index contributed by atoms with van der Waals surface area (Å²) in [6.07, 6.45) is 2.51. The molecule has 1 aliphatic heterocycles. The van der Waals surface area contributed by atoms with E-state index < -0.39 is 0 Å². The fourth-order valence-electron chi connectivity index (χ4n) is 3.41. The monoisotopic (exact) mass is 291 g/mol. The Hall–Kier alpha value is -2.02. The first-order chi connectivity index (χ1) is 10.8. The Morgan fingerprint density at radius 1 is 0.818 bits per heavy atom. The summed E-state index contributed by atoms with van der Waals surface area (Å²) >= 11 is 0. The van der Waals surface area contributed by atoms with Crippen LogP contribution in [0, 0.1) is 0 Å². The zero-order valence-electron chi connectivity index (χ0n) is 13.6. The molecule has 2 aromatic rings. The predicted molar refractivity (Wildman–Crippen MR) is 94.7 cm³/mol. The maximum absolute atomic E-state index is 2.56. The second kappa shape index (κ2) is 6.83. The first-order valence-corrected chi connectivity index (χ1v) is 8.28. The molecule has 2 aromatic carbocycles. The van der Waals surface area contributed by atoms with Gasteiger partial charge in [0.15, 0.2) is 0 Å². The molecule has 1 nitrogen and oxygen atoms in total. The van der Waals surface area contributed by atoms with Gasteiger partial charge in [0.2, 0.25) is 0 Å². The van der Waals surface area contributed by atoms with Crippen molar-refractivity contribution >= 4 is 5.57 Å². The highest BCUT2D eigenvalue weighted by Gasteiger charge is 2.21. The Kier molecular flexibility index (Phi) is 4.62. The molecular formula is C21H25N. The molecule has 1 aliphatic rings. The second-order valence-electron chi connectivity index (χ2n) is 6.25. The van der Waals surface area contributed by atoms with Gasteiger partial charge in [-0.15, -0.1) is 0 Å². The Labute approximate surface area is 134 Å². The lowest BCUT2D eigenvalue weighted by molar-refractivity contribution is 0.264. The van der Waals surface area contributed by atoms with E-state index in [0.717, 1.165) is 19.0 Å². The van der Waals surface area contributed by atoms with Crippen molar-refractivity contribution in [2.75, 3.05) is 13.1 Å². The molecular weight excluding hydrogens is 266 g/mol. The van der Waals surface area contributed by atoms with E-state index in [2.05, 4.69) is 79.4 Å². The fourth-order valence-corrected chi connectivity index (χ4v) is 3.41. The van der Waals surface area contributed by atoms with Gasteiger partial charge in [0.25, 0.3) is 0 Å². The molecule has 0 bridgehead atoms. The van der Waals surface area contributed by atoms with E-state index in [9.17, 15) is 0 Å². The largest absolute Gasteiger partial charge is 0.375 e. The van der Waals surface area contributed by atoms with Crippen molar-refractivity contribution in [1.82, 2.24) is 4.90 Å². The highest BCUT2D eigenvalue weighted by Crippen LogP contribution is 2.31. The van der Waals surface area contributed by atoms with Crippen LogP contribution in [0.5, 0.6) is 0 Å². The molecule has 3 rings (SSSR count). The van der Waals surface area contributed by atoms with Gasteiger partial charge in [0.05, 0.1) is 0 Å². The maximum Gasteiger partial charge on any atom is 0.0180 e. The van der Waals surface area contributed by atoms with Crippen molar-refractivity contribution in [2.45, 2.75) is 32.6 Å². The molecule has 0 spiro atoms. The van der Waals surface area contributed by atoms with Crippen molar-refractivity contribution in [2.24, 2.45) is 0 Å². The first kappa shape index (κ1) is 14.9. The van der Waals surface area contributed by atoms with Gasteiger partial charge in [0.1, 0.15) is 0 Å². The number of hydrogen-bond donors (Lipinski definition) is 0. The van der Waals surface area contributed by atoms with E-state index in [1.54, 1.807) is 0 Å². The van der Waals surface area contributed by atoms with E-state index in [1.165, 1.54) is 35.2 Å². The minimum Gasteiger partial charge on any atom is -0.375 e. The lowest BCUT2D eigenvalue weighted by Gasteiger charge is -2.35. The molecule has 0 amide bonds. The van der Waals surface area contributed by atoms with E-state index >= 15 is 0 Å². The highest BCUT2D eigenvalue weighted by atomic mass is 15.1. The van der Waals surface area contributed by atoms with Gasteiger partial charge in [-0.05, 0) is 49.3 Å². The fraction of sp³-hybridized carbons (Fsp3) is 0.333. The number of hydrogen-bond acceptors (Lipinski definition) is 1. The number of piperidine rings is 1. The molecule has 114 valence electrons. The van der Waals surface area contributed by atoms with Crippen LogP contribution in [0.4, 0.5) is 0 Å². The molecule has 0 radical (unpaired) electrons. The Morgan fingerprint density at radius 2 is 1.36 bits per heavy atom. The number of allylic oxidation sites excluding steroid dienone is 2. The van der Waals surface area contributed by atoms with E-state index in [4.69, 9.17) is 0 Å². The lowest BCUT2D eigenvalue weighted by atomic mass is 9.89. The third-order valence-electron chi connectivity index (χ3n) is 4.99. The van der Waals surface area contributed by atoms with Gasteiger partial charge >= 0.3 is 0 Å². The summed E-state index contributed by atoms with van der Waals surface area (Å²) in [6, 6.07) is 21.7. The SMILES string of the molecule is CC(=C(C)N1CCC(c2ccccc2)CC1)c1ccccc1. The normalized spacial score (nSPS) is 17.3. The molecule has 1 saturated heterocycles. The Balaban J connectivity index is 1.68. The van der Waals surface area contributed by atoms with Crippen LogP contribution in [0.1, 0.15) is 43.7 Å². The van der Waals surface area contributed by atoms with Crippen LogP contribution in [0.2, 0.25) is 0 Å². The molecule has 0 aliphatic carbocycles. The second-order valence-corrected chi connectivity index (χ2v) is 6.25. The van der Waals surface area contributed by atoms with Crippen LogP contribution in [0.25, 0.3) is 5.57 Å². The minimum atomic E-state index is 0.724. The Bertz CT molecular complexity index is 619. The Morgan fingerprint density at radius 3 is 1.95 bits per heavy atom. The number of nitrogens with zero attached hydrogens (tertiary/aromatic N) is 1. The zero-order valence-corrected chi connectivity index (χ0v) is 13.6. The molecule has 0 N–H and O–H groups in total. The van der Waals surface area contributed by atoms with Crippen molar-refractivity contribution in [3.8, 4) is 0 Å². The van der Waals surface area contributed by atoms with Crippen molar-refractivity contribution < 1.29 is 0 Å². The van der Waals surface area contributed by atoms with Crippen molar-refractivity contribution in [3.05, 3.63) is 77.5 Å². The summed E-state index contributed by atoms with van der Waals surface area (Å²) in [5.74, 6) is 0.724. The highest BCUT2D eigenvalue weighted by molar-refractivity contribution is 5.66. The van der Waals surface area contributed by atoms with Crippen LogP contribution in [-0.4, -0.2) is 18.0 Å². The van der Waals surface area contributed by atoms with E-state index in [0.29, 0.717) is 0 Å². The molecule has 0 atom stereocenters. The number of benzene rings is 2. The lowest BCUT2D eigenvalue weighted by Crippen LogP contribution is -2.32. The third-order valence-corrected chi connectivity index (χ3v) is 4.99. The minimum absolute atomic E-state index is 0.724. The van der Waals surface area contributed by atoms with Gasteiger partial charge in [-0.3, -0.25) is 0 Å². The maximum atomic E-state index is 2.56. The molecule has 0 aromatic heterocycles. The summed E-state index contributed by atoms with van der Waals surface area (Å²) in [7, 11) is 0. The third kappa shape index (κ3) is 3.24. The molecule has 1 heterocycles. The summed E-state index contributed by atoms with van der Waals surface area (Å²) in [5, 5.41) is 0. The van der Waals surface area contributed by atoms with Crippen LogP contribution in [0.15, 0.2) is 66.4 Å². The van der Waals surface area contributed by atoms with Crippen LogP contribution in [-0.2, 0) is 0 Å². The first-order valence-electron chi connectivity index (χ1n) is 8.28. The summed E-state index contributed by atoms with van der Waals surface area (Å²) in [6.45, 7) is 6.84. The molecule has 0 unspecified atom stereocenters. The van der Waals surface area contributed by atoms with Gasteiger partial charge < -0.3 is 4.90 Å². The summed E-state index contributed by atoms with van der Waals surface area (Å²) in [4.78, 5) is 2.56. The summed E-state index contributed by atoms with van der Waals surface area (Å²) in [5.41, 5.74) is 5.67. The molecule has 1 fully saturated rings. The number of rotatable bonds is 3. The van der Waals surface area contributed by atoms with Gasteiger partial charge in [0, 0.05) is 18.8 Å². The van der Waals surface area contributed by atoms with Crippen molar-refractivity contribution in [3.63, 3.8) is 0 Å².